The fraction of sp³-hybridized carbons (Fsp3) is 0.846. The number of hydrogen-bond acceptors (Lipinski definition) is 2. The van der Waals surface area contributed by atoms with Crippen LogP contribution in [0.1, 0.15) is 38.5 Å². The minimum Gasteiger partial charge on any atom is -0.313 e. The van der Waals surface area contributed by atoms with Crippen molar-refractivity contribution in [3.63, 3.8) is 0 Å². The van der Waals surface area contributed by atoms with Crippen molar-refractivity contribution in [1.29, 1.82) is 0 Å². The zero-order chi connectivity index (χ0) is 10.9. The van der Waals surface area contributed by atoms with Crippen LogP contribution in [0.3, 0.4) is 0 Å². The van der Waals surface area contributed by atoms with Crippen molar-refractivity contribution in [1.82, 2.24) is 10.2 Å². The predicted octanol–water partition coefficient (Wildman–Crippen LogP) is 2.42. The summed E-state index contributed by atoms with van der Waals surface area (Å²) in [5, 5.41) is 3.35. The highest BCUT2D eigenvalue weighted by molar-refractivity contribution is 4.74. The predicted molar refractivity (Wildman–Crippen MR) is 67.2 cm³/mol. The van der Waals surface area contributed by atoms with Crippen molar-refractivity contribution in [3.8, 4) is 0 Å². The van der Waals surface area contributed by atoms with Crippen molar-refractivity contribution in [2.24, 2.45) is 0 Å². The summed E-state index contributed by atoms with van der Waals surface area (Å²) >= 11 is 0. The van der Waals surface area contributed by atoms with Crippen LogP contribution in [0.2, 0.25) is 0 Å². The lowest BCUT2D eigenvalue weighted by molar-refractivity contribution is 0.190. The Kier molecular flexibility index (Phi) is 6.69. The first-order valence-corrected chi connectivity index (χ1v) is 6.36. The summed E-state index contributed by atoms with van der Waals surface area (Å²) in [6.45, 7) is 6.98. The molecule has 15 heavy (non-hydrogen) atoms. The number of hydrogen-bond donors (Lipinski definition) is 1. The molecular weight excluding hydrogens is 184 g/mol. The van der Waals surface area contributed by atoms with Crippen LogP contribution < -0.4 is 5.32 Å². The molecule has 0 unspecified atom stereocenters. The van der Waals surface area contributed by atoms with Crippen molar-refractivity contribution in [2.45, 2.75) is 44.6 Å². The van der Waals surface area contributed by atoms with Crippen LogP contribution in [0.5, 0.6) is 0 Å². The summed E-state index contributed by atoms with van der Waals surface area (Å²) in [6, 6.07) is 0.859. The minimum absolute atomic E-state index is 0.859. The van der Waals surface area contributed by atoms with Gasteiger partial charge in [0.05, 0.1) is 0 Å². The first kappa shape index (κ1) is 12.7. The third-order valence-corrected chi connectivity index (χ3v) is 3.35. The largest absolute Gasteiger partial charge is 0.313 e. The summed E-state index contributed by atoms with van der Waals surface area (Å²) < 4.78 is 0. The van der Waals surface area contributed by atoms with Crippen LogP contribution in [0, 0.1) is 0 Å². The van der Waals surface area contributed by atoms with Gasteiger partial charge in [-0.25, -0.2) is 0 Å². The van der Waals surface area contributed by atoms with Gasteiger partial charge in [0, 0.05) is 12.6 Å². The normalized spacial score (nSPS) is 18.3. The van der Waals surface area contributed by atoms with Gasteiger partial charge in [-0.1, -0.05) is 25.3 Å². The van der Waals surface area contributed by atoms with Gasteiger partial charge in [-0.05, 0) is 39.4 Å². The van der Waals surface area contributed by atoms with Crippen LogP contribution in [0.4, 0.5) is 0 Å². The van der Waals surface area contributed by atoms with E-state index in [-0.39, 0.29) is 0 Å². The molecule has 1 saturated carbocycles. The molecule has 0 atom stereocenters. The molecular formula is C13H26N2. The van der Waals surface area contributed by atoms with Gasteiger partial charge < -0.3 is 10.2 Å². The Morgan fingerprint density at radius 1 is 1.33 bits per heavy atom. The van der Waals surface area contributed by atoms with Crippen LogP contribution in [0.25, 0.3) is 0 Å². The standard InChI is InChI=1S/C13H26N2/c1-3-10-14-11-7-12-15(2)13-8-5-4-6-9-13/h3,13-14H,1,4-12H2,2H3. The van der Waals surface area contributed by atoms with E-state index in [0.717, 1.165) is 19.1 Å². The smallest absolute Gasteiger partial charge is 0.0132 e. The third kappa shape index (κ3) is 5.33. The van der Waals surface area contributed by atoms with Crippen molar-refractivity contribution in [3.05, 3.63) is 12.7 Å². The van der Waals surface area contributed by atoms with Crippen molar-refractivity contribution >= 4 is 0 Å². The third-order valence-electron chi connectivity index (χ3n) is 3.35. The molecule has 1 aliphatic rings. The fourth-order valence-electron chi connectivity index (χ4n) is 2.36. The van der Waals surface area contributed by atoms with E-state index in [1.807, 2.05) is 6.08 Å². The molecule has 0 bridgehead atoms. The summed E-state index contributed by atoms with van der Waals surface area (Å²) in [5.74, 6) is 0. The first-order valence-electron chi connectivity index (χ1n) is 6.36. The molecule has 1 N–H and O–H groups in total. The molecule has 1 aliphatic carbocycles. The molecule has 1 rings (SSSR count). The zero-order valence-corrected chi connectivity index (χ0v) is 10.2. The second-order valence-electron chi connectivity index (χ2n) is 4.62. The lowest BCUT2D eigenvalue weighted by Crippen LogP contribution is -2.35. The van der Waals surface area contributed by atoms with Gasteiger partial charge in [-0.2, -0.15) is 0 Å². The van der Waals surface area contributed by atoms with E-state index in [1.165, 1.54) is 45.1 Å². The molecule has 2 heteroatoms. The van der Waals surface area contributed by atoms with Gasteiger partial charge in [0.15, 0.2) is 0 Å². The molecule has 2 nitrogen and oxygen atoms in total. The Labute approximate surface area is 94.7 Å². The number of rotatable bonds is 7. The monoisotopic (exact) mass is 210 g/mol. The molecule has 0 aliphatic heterocycles. The molecule has 0 saturated heterocycles. The maximum Gasteiger partial charge on any atom is 0.0132 e. The SMILES string of the molecule is C=CCNCCCN(C)C1CCCCC1. The topological polar surface area (TPSA) is 15.3 Å². The molecule has 88 valence electrons. The van der Waals surface area contributed by atoms with E-state index < -0.39 is 0 Å². The minimum atomic E-state index is 0.859. The molecule has 0 heterocycles. The van der Waals surface area contributed by atoms with E-state index in [4.69, 9.17) is 0 Å². The molecule has 0 radical (unpaired) electrons. The van der Waals surface area contributed by atoms with Gasteiger partial charge in [0.25, 0.3) is 0 Å². The average molecular weight is 210 g/mol. The highest BCUT2D eigenvalue weighted by Crippen LogP contribution is 2.21. The van der Waals surface area contributed by atoms with Gasteiger partial charge in [-0.3, -0.25) is 0 Å². The van der Waals surface area contributed by atoms with Crippen LogP contribution in [-0.2, 0) is 0 Å². The van der Waals surface area contributed by atoms with E-state index in [0.29, 0.717) is 0 Å². The average Bonchev–Trinajstić information content (AvgIpc) is 2.30. The van der Waals surface area contributed by atoms with Crippen LogP contribution in [0.15, 0.2) is 12.7 Å². The number of nitrogens with zero attached hydrogens (tertiary/aromatic N) is 1. The summed E-state index contributed by atoms with van der Waals surface area (Å²) in [7, 11) is 2.28. The first-order chi connectivity index (χ1) is 7.34. The maximum absolute atomic E-state index is 3.69. The zero-order valence-electron chi connectivity index (χ0n) is 10.2. The molecule has 0 aromatic heterocycles. The second kappa shape index (κ2) is 7.89. The van der Waals surface area contributed by atoms with E-state index in [1.54, 1.807) is 0 Å². The fourth-order valence-corrected chi connectivity index (χ4v) is 2.36. The number of nitrogens with one attached hydrogen (secondary N) is 1. The second-order valence-corrected chi connectivity index (χ2v) is 4.62. The maximum atomic E-state index is 3.69. The van der Waals surface area contributed by atoms with Gasteiger partial charge in [-0.15, -0.1) is 6.58 Å². The highest BCUT2D eigenvalue weighted by Gasteiger charge is 2.16. The molecule has 0 amide bonds. The Hall–Kier alpha value is -0.340. The van der Waals surface area contributed by atoms with Crippen molar-refractivity contribution < 1.29 is 0 Å². The van der Waals surface area contributed by atoms with E-state index in [2.05, 4.69) is 23.8 Å². The van der Waals surface area contributed by atoms with Gasteiger partial charge >= 0.3 is 0 Å². The van der Waals surface area contributed by atoms with Crippen LogP contribution >= 0.6 is 0 Å². The molecule has 1 fully saturated rings. The molecule has 0 spiro atoms. The molecule has 0 aromatic rings. The Morgan fingerprint density at radius 3 is 2.73 bits per heavy atom. The van der Waals surface area contributed by atoms with Crippen LogP contribution in [-0.4, -0.2) is 37.6 Å². The van der Waals surface area contributed by atoms with Crippen molar-refractivity contribution in [2.75, 3.05) is 26.7 Å². The Bertz CT molecular complexity index is 162. The lowest BCUT2D eigenvalue weighted by Gasteiger charge is -2.31. The van der Waals surface area contributed by atoms with E-state index >= 15 is 0 Å². The Balaban J connectivity index is 2.01. The summed E-state index contributed by atoms with van der Waals surface area (Å²) in [5.41, 5.74) is 0. The van der Waals surface area contributed by atoms with Gasteiger partial charge in [0.2, 0.25) is 0 Å². The summed E-state index contributed by atoms with van der Waals surface area (Å²) in [4.78, 5) is 2.55. The van der Waals surface area contributed by atoms with E-state index in [9.17, 15) is 0 Å². The Morgan fingerprint density at radius 2 is 2.07 bits per heavy atom. The quantitative estimate of drug-likeness (QED) is 0.513. The van der Waals surface area contributed by atoms with Gasteiger partial charge in [0.1, 0.15) is 0 Å². The summed E-state index contributed by atoms with van der Waals surface area (Å²) in [6.07, 6.45) is 10.3. The lowest BCUT2D eigenvalue weighted by atomic mass is 9.94. The molecule has 0 aromatic carbocycles. The highest BCUT2D eigenvalue weighted by atomic mass is 15.1.